The number of anilines is 1. The largest absolute Gasteiger partial charge is 0.418 e. The molecule has 1 heterocycles. The molecule has 0 fully saturated rings. The Morgan fingerprint density at radius 3 is 2.59 bits per heavy atom. The van der Waals surface area contributed by atoms with Crippen LogP contribution in [0.1, 0.15) is 11.4 Å². The summed E-state index contributed by atoms with van der Waals surface area (Å²) in [5.74, 6) is 0.121. The first kappa shape index (κ1) is 15.8. The summed E-state index contributed by atoms with van der Waals surface area (Å²) in [4.78, 5) is 23.0. The highest BCUT2D eigenvalue weighted by atomic mass is 35.5. The van der Waals surface area contributed by atoms with E-state index in [0.29, 0.717) is 6.07 Å². The van der Waals surface area contributed by atoms with Crippen molar-refractivity contribution in [1.82, 2.24) is 15.2 Å². The first-order valence-corrected chi connectivity index (χ1v) is 5.99. The fourth-order valence-corrected chi connectivity index (χ4v) is 1.91. The van der Waals surface area contributed by atoms with Crippen LogP contribution in [0.5, 0.6) is 0 Å². The summed E-state index contributed by atoms with van der Waals surface area (Å²) < 4.78 is 38.1. The Morgan fingerprint density at radius 2 is 2.09 bits per heavy atom. The molecule has 0 bridgehead atoms. The van der Waals surface area contributed by atoms with Crippen LogP contribution in [0.15, 0.2) is 16.9 Å². The van der Waals surface area contributed by atoms with Crippen molar-refractivity contribution in [3.63, 3.8) is 0 Å². The molecule has 22 heavy (non-hydrogen) atoms. The van der Waals surface area contributed by atoms with Gasteiger partial charge in [-0.15, -0.1) is 0 Å². The number of aromatic nitrogens is 3. The molecule has 2 rings (SSSR count). The molecule has 0 atom stereocenters. The number of hydrogen-bond donors (Lipinski definition) is 3. The Hall–Kier alpha value is -2.56. The highest BCUT2D eigenvalue weighted by Crippen LogP contribution is 2.40. The molecule has 0 aliphatic rings. The van der Waals surface area contributed by atoms with Crippen LogP contribution in [0, 0.1) is 10.1 Å². The molecular weight excluding hydrogens is 331 g/mol. The van der Waals surface area contributed by atoms with Gasteiger partial charge in [0.25, 0.3) is 5.69 Å². The number of hydrogen-bond acceptors (Lipinski definition) is 5. The second-order valence-corrected chi connectivity index (χ2v) is 4.49. The van der Waals surface area contributed by atoms with Gasteiger partial charge in [-0.05, 0) is 6.07 Å². The number of aromatic amines is 2. The van der Waals surface area contributed by atoms with Gasteiger partial charge in [-0.3, -0.25) is 15.1 Å². The topological polar surface area (TPSA) is 117 Å². The lowest BCUT2D eigenvalue weighted by Crippen LogP contribution is -2.10. The zero-order chi connectivity index (χ0) is 16.5. The van der Waals surface area contributed by atoms with Gasteiger partial charge < -0.3 is 5.32 Å². The van der Waals surface area contributed by atoms with Gasteiger partial charge in [-0.25, -0.2) is 9.89 Å². The Bertz CT molecular complexity index is 770. The van der Waals surface area contributed by atoms with E-state index in [1.54, 1.807) is 0 Å². The van der Waals surface area contributed by atoms with Crippen molar-refractivity contribution >= 4 is 23.0 Å². The van der Waals surface area contributed by atoms with Crippen molar-refractivity contribution < 1.29 is 18.1 Å². The van der Waals surface area contributed by atoms with Crippen molar-refractivity contribution in [1.29, 1.82) is 0 Å². The van der Waals surface area contributed by atoms with Crippen molar-refractivity contribution in [3.05, 3.63) is 49.1 Å². The van der Waals surface area contributed by atoms with Gasteiger partial charge in [0.05, 0.1) is 22.1 Å². The maximum atomic E-state index is 12.7. The summed E-state index contributed by atoms with van der Waals surface area (Å²) in [7, 11) is 0. The average molecular weight is 338 g/mol. The van der Waals surface area contributed by atoms with Gasteiger partial charge in [0.15, 0.2) is 0 Å². The number of rotatable bonds is 4. The molecule has 118 valence electrons. The number of halogens is 4. The summed E-state index contributed by atoms with van der Waals surface area (Å²) >= 11 is 5.51. The Balaban J connectivity index is 2.36. The zero-order valence-corrected chi connectivity index (χ0v) is 11.2. The molecule has 0 radical (unpaired) electrons. The predicted molar refractivity (Wildman–Crippen MR) is 69.6 cm³/mol. The molecule has 0 amide bonds. The predicted octanol–water partition coefficient (Wildman–Crippen LogP) is 2.29. The molecule has 2 aromatic rings. The minimum atomic E-state index is -4.81. The van der Waals surface area contributed by atoms with Crippen LogP contribution in [0.25, 0.3) is 0 Å². The molecule has 3 N–H and O–H groups in total. The minimum absolute atomic E-state index is 0.121. The molecule has 12 heteroatoms. The van der Waals surface area contributed by atoms with Gasteiger partial charge in [-0.2, -0.15) is 18.3 Å². The summed E-state index contributed by atoms with van der Waals surface area (Å²) in [6, 6.07) is 1.14. The van der Waals surface area contributed by atoms with Gasteiger partial charge in [0, 0.05) is 6.07 Å². The van der Waals surface area contributed by atoms with E-state index in [1.807, 2.05) is 0 Å². The fraction of sp³-hybridized carbons (Fsp3) is 0.200. The van der Waals surface area contributed by atoms with E-state index in [2.05, 4.69) is 20.5 Å². The quantitative estimate of drug-likeness (QED) is 0.584. The standard InChI is InChI=1S/C10H7ClF3N5O3/c11-5-2-6(15-3-8-16-9(20)18-17-8)7(19(21)22)1-4(5)10(12,13)14/h1-2,15H,3H2,(H2,16,17,18,20). The van der Waals surface area contributed by atoms with E-state index >= 15 is 0 Å². The first-order valence-electron chi connectivity index (χ1n) is 5.61. The van der Waals surface area contributed by atoms with Crippen LogP contribution in [0.4, 0.5) is 24.5 Å². The second-order valence-electron chi connectivity index (χ2n) is 4.08. The molecule has 0 spiro atoms. The summed E-state index contributed by atoms with van der Waals surface area (Å²) in [6.07, 6.45) is -4.81. The lowest BCUT2D eigenvalue weighted by Gasteiger charge is -2.12. The lowest BCUT2D eigenvalue weighted by atomic mass is 10.1. The van der Waals surface area contributed by atoms with E-state index in [1.165, 1.54) is 0 Å². The molecule has 0 aliphatic heterocycles. The van der Waals surface area contributed by atoms with Gasteiger partial charge in [-0.1, -0.05) is 11.6 Å². The zero-order valence-electron chi connectivity index (χ0n) is 10.5. The van der Waals surface area contributed by atoms with Crippen molar-refractivity contribution in [3.8, 4) is 0 Å². The van der Waals surface area contributed by atoms with Crippen LogP contribution in [0.2, 0.25) is 5.02 Å². The van der Waals surface area contributed by atoms with Crippen LogP contribution < -0.4 is 11.0 Å². The van der Waals surface area contributed by atoms with E-state index in [4.69, 9.17) is 11.6 Å². The summed E-state index contributed by atoms with van der Waals surface area (Å²) in [5.41, 5.74) is -2.92. The van der Waals surface area contributed by atoms with Crippen molar-refractivity contribution in [2.45, 2.75) is 12.7 Å². The number of H-pyrrole nitrogens is 2. The Kier molecular flexibility index (Phi) is 4.08. The van der Waals surface area contributed by atoms with E-state index in [0.717, 1.165) is 6.07 Å². The summed E-state index contributed by atoms with van der Waals surface area (Å²) in [6.45, 7) is -0.152. The van der Waals surface area contributed by atoms with E-state index in [9.17, 15) is 28.1 Å². The lowest BCUT2D eigenvalue weighted by molar-refractivity contribution is -0.384. The third-order valence-corrected chi connectivity index (χ3v) is 2.90. The molecular formula is C10H7ClF3N5O3. The third-order valence-electron chi connectivity index (χ3n) is 2.58. The highest BCUT2D eigenvalue weighted by molar-refractivity contribution is 6.31. The first-order chi connectivity index (χ1) is 10.2. The monoisotopic (exact) mass is 337 g/mol. The smallest absolute Gasteiger partial charge is 0.372 e. The average Bonchev–Trinajstić information content (AvgIpc) is 2.80. The fourth-order valence-electron chi connectivity index (χ4n) is 1.64. The van der Waals surface area contributed by atoms with Crippen LogP contribution in [-0.4, -0.2) is 20.1 Å². The van der Waals surface area contributed by atoms with Gasteiger partial charge >= 0.3 is 11.9 Å². The molecule has 1 aromatic heterocycles. The summed E-state index contributed by atoms with van der Waals surface area (Å²) in [5, 5.41) is 18.3. The van der Waals surface area contributed by atoms with Crippen LogP contribution in [0.3, 0.4) is 0 Å². The number of nitrogens with one attached hydrogen (secondary N) is 3. The Morgan fingerprint density at radius 1 is 1.41 bits per heavy atom. The normalized spacial score (nSPS) is 11.5. The van der Waals surface area contributed by atoms with E-state index < -0.39 is 33.1 Å². The number of nitro benzene ring substituents is 1. The maximum absolute atomic E-state index is 12.7. The molecule has 0 aliphatic carbocycles. The number of benzene rings is 1. The van der Waals surface area contributed by atoms with Crippen molar-refractivity contribution in [2.24, 2.45) is 0 Å². The molecule has 0 saturated heterocycles. The highest BCUT2D eigenvalue weighted by Gasteiger charge is 2.36. The maximum Gasteiger partial charge on any atom is 0.418 e. The Labute approximate surface area is 124 Å². The van der Waals surface area contributed by atoms with Gasteiger partial charge in [0.1, 0.15) is 11.5 Å². The second kappa shape index (κ2) is 5.67. The third kappa shape index (κ3) is 3.36. The van der Waals surface area contributed by atoms with Crippen LogP contribution >= 0.6 is 11.6 Å². The molecule has 1 aromatic carbocycles. The number of alkyl halides is 3. The van der Waals surface area contributed by atoms with Gasteiger partial charge in [0.2, 0.25) is 0 Å². The molecule has 8 nitrogen and oxygen atoms in total. The van der Waals surface area contributed by atoms with Crippen molar-refractivity contribution in [2.75, 3.05) is 5.32 Å². The number of nitro groups is 1. The minimum Gasteiger partial charge on any atom is -0.372 e. The molecule has 0 saturated carbocycles. The SMILES string of the molecule is O=c1[nH]nc(CNc2cc(Cl)c(C(F)(F)F)cc2[N+](=O)[O-])[nH]1. The van der Waals surface area contributed by atoms with Crippen LogP contribution in [-0.2, 0) is 12.7 Å². The van der Waals surface area contributed by atoms with E-state index in [-0.39, 0.29) is 18.1 Å². The number of nitrogens with zero attached hydrogens (tertiary/aromatic N) is 2. The molecule has 0 unspecified atom stereocenters.